The van der Waals surface area contributed by atoms with Crippen LogP contribution in [0.15, 0.2) is 58.1 Å². The van der Waals surface area contributed by atoms with Crippen molar-refractivity contribution < 1.29 is 23.5 Å². The molecule has 1 aliphatic heterocycles. The van der Waals surface area contributed by atoms with E-state index in [0.717, 1.165) is 11.4 Å². The summed E-state index contributed by atoms with van der Waals surface area (Å²) in [5, 5.41) is 5.23. The molecule has 7 rings (SSSR count). The molecule has 156 valence electrons. The number of benzene rings is 1. The van der Waals surface area contributed by atoms with E-state index in [1.165, 1.54) is 13.3 Å². The summed E-state index contributed by atoms with van der Waals surface area (Å²) in [6, 6.07) is 10.4. The number of hydrazone groups is 1. The topological polar surface area (TPSA) is 89.2 Å². The molecule has 31 heavy (non-hydrogen) atoms. The van der Waals surface area contributed by atoms with Crippen LogP contribution in [0.2, 0.25) is 0 Å². The number of carbonyl (C=O) groups is 3. The van der Waals surface area contributed by atoms with Gasteiger partial charge in [-0.05, 0) is 54.4 Å². The molecule has 1 aromatic heterocycles. The lowest BCUT2D eigenvalue weighted by Crippen LogP contribution is -2.40. The predicted molar refractivity (Wildman–Crippen MR) is 110 cm³/mol. The van der Waals surface area contributed by atoms with Crippen molar-refractivity contribution in [1.29, 1.82) is 0 Å². The molecule has 4 aliphatic carbocycles. The van der Waals surface area contributed by atoms with Gasteiger partial charge in [0.05, 0.1) is 30.7 Å². The summed E-state index contributed by atoms with van der Waals surface area (Å²) in [5.74, 6) is 1.07. The van der Waals surface area contributed by atoms with Crippen molar-refractivity contribution >= 4 is 24.0 Å². The van der Waals surface area contributed by atoms with Crippen molar-refractivity contribution in [3.05, 3.63) is 59.9 Å². The maximum atomic E-state index is 13.0. The number of allylic oxidation sites excluding steroid dienone is 2. The molecule has 0 spiro atoms. The van der Waals surface area contributed by atoms with E-state index in [1.54, 1.807) is 30.3 Å². The molecule has 1 saturated heterocycles. The Labute approximate surface area is 178 Å². The van der Waals surface area contributed by atoms with Crippen molar-refractivity contribution in [2.45, 2.75) is 6.42 Å². The van der Waals surface area contributed by atoms with E-state index in [2.05, 4.69) is 17.3 Å². The third-order valence-electron chi connectivity index (χ3n) is 7.13. The second-order valence-corrected chi connectivity index (χ2v) is 8.66. The molecule has 7 nitrogen and oxygen atoms in total. The molecule has 2 bridgehead atoms. The molecule has 0 unspecified atom stereocenters. The van der Waals surface area contributed by atoms with Crippen molar-refractivity contribution in [3.8, 4) is 11.3 Å². The van der Waals surface area contributed by atoms with Gasteiger partial charge in [0.2, 0.25) is 0 Å². The number of esters is 1. The van der Waals surface area contributed by atoms with Crippen LogP contribution in [0.5, 0.6) is 0 Å². The molecule has 2 saturated carbocycles. The number of methoxy groups -OCH3 is 1. The number of imide groups is 1. The Balaban J connectivity index is 1.22. The lowest BCUT2D eigenvalue weighted by molar-refractivity contribution is -0.140. The molecule has 2 amide bonds. The lowest BCUT2D eigenvalue weighted by atomic mass is 9.63. The Hall–Kier alpha value is -3.48. The lowest BCUT2D eigenvalue weighted by Gasteiger charge is -2.37. The van der Waals surface area contributed by atoms with Gasteiger partial charge in [-0.3, -0.25) is 9.59 Å². The second kappa shape index (κ2) is 6.51. The number of carbonyl (C=O) groups excluding carboxylic acids is 3. The van der Waals surface area contributed by atoms with Gasteiger partial charge in [0.1, 0.15) is 11.5 Å². The molecule has 3 fully saturated rings. The van der Waals surface area contributed by atoms with Gasteiger partial charge in [-0.1, -0.05) is 24.3 Å². The summed E-state index contributed by atoms with van der Waals surface area (Å²) >= 11 is 0. The third kappa shape index (κ3) is 2.65. The Morgan fingerprint density at radius 3 is 2.48 bits per heavy atom. The van der Waals surface area contributed by atoms with Gasteiger partial charge >= 0.3 is 5.97 Å². The summed E-state index contributed by atoms with van der Waals surface area (Å²) < 4.78 is 10.6. The quantitative estimate of drug-likeness (QED) is 0.331. The predicted octanol–water partition coefficient (Wildman–Crippen LogP) is 3.12. The fourth-order valence-corrected chi connectivity index (χ4v) is 5.66. The van der Waals surface area contributed by atoms with Crippen LogP contribution >= 0.6 is 0 Å². The van der Waals surface area contributed by atoms with E-state index in [-0.39, 0.29) is 35.5 Å². The van der Waals surface area contributed by atoms with Crippen LogP contribution in [-0.4, -0.2) is 36.1 Å². The monoisotopic (exact) mass is 416 g/mol. The fraction of sp³-hybridized carbons (Fsp3) is 0.333. The SMILES string of the molecule is COC(=O)c1cccc(-c2ccc(/C=N\N3C(=O)[C@@H]4[C@H]5C=C[C@@H]([C@@H]6C[C@@H]56)[C@@H]4C3=O)o2)c1. The summed E-state index contributed by atoms with van der Waals surface area (Å²) in [7, 11) is 1.33. The number of hydrogen-bond donors (Lipinski definition) is 0. The maximum absolute atomic E-state index is 13.0. The van der Waals surface area contributed by atoms with Gasteiger partial charge < -0.3 is 9.15 Å². The largest absolute Gasteiger partial charge is 0.465 e. The maximum Gasteiger partial charge on any atom is 0.337 e. The van der Waals surface area contributed by atoms with Gasteiger partial charge in [-0.15, -0.1) is 0 Å². The van der Waals surface area contributed by atoms with Crippen LogP contribution in [0.1, 0.15) is 22.5 Å². The van der Waals surface area contributed by atoms with Crippen LogP contribution < -0.4 is 0 Å². The Morgan fingerprint density at radius 1 is 1.10 bits per heavy atom. The highest BCUT2D eigenvalue weighted by Gasteiger charge is 2.67. The van der Waals surface area contributed by atoms with Gasteiger partial charge in [-0.2, -0.15) is 10.1 Å². The standard InChI is InChI=1S/C24H20N2O5/c1-30-24(29)13-4-2-3-12(9-13)19-8-5-14(31-19)11-25-26-22(27)20-15-6-7-16(18-10-17(15)18)21(20)23(26)28/h2-9,11,15-18,20-21H,10H2,1H3/b25-11-/t15-,16-,17-,18-,20-,21+/m0/s1. The molecular weight excluding hydrogens is 396 g/mol. The number of rotatable bonds is 4. The highest BCUT2D eigenvalue weighted by atomic mass is 16.5. The minimum Gasteiger partial charge on any atom is -0.465 e. The van der Waals surface area contributed by atoms with Gasteiger partial charge in [0, 0.05) is 5.56 Å². The minimum atomic E-state index is -0.427. The number of nitrogens with zero attached hydrogens (tertiary/aromatic N) is 2. The Kier molecular flexibility index (Phi) is 3.84. The van der Waals surface area contributed by atoms with Gasteiger partial charge in [0.15, 0.2) is 0 Å². The van der Waals surface area contributed by atoms with Crippen LogP contribution in [-0.2, 0) is 14.3 Å². The Morgan fingerprint density at radius 2 is 1.81 bits per heavy atom. The normalized spacial score (nSPS) is 32.5. The first-order chi connectivity index (χ1) is 15.1. The van der Waals surface area contributed by atoms with E-state index in [0.29, 0.717) is 34.5 Å². The van der Waals surface area contributed by atoms with E-state index < -0.39 is 5.97 Å². The van der Waals surface area contributed by atoms with Crippen molar-refractivity contribution in [2.24, 2.45) is 40.6 Å². The first kappa shape index (κ1) is 18.3. The number of amides is 2. The first-order valence-electron chi connectivity index (χ1n) is 10.5. The molecule has 2 heterocycles. The van der Waals surface area contributed by atoms with Gasteiger partial charge in [-0.25, -0.2) is 4.79 Å². The average molecular weight is 416 g/mol. The van der Waals surface area contributed by atoms with Crippen LogP contribution in [0, 0.1) is 35.5 Å². The first-order valence-corrected chi connectivity index (χ1v) is 10.5. The number of ether oxygens (including phenoxy) is 1. The molecule has 5 aliphatic rings. The minimum absolute atomic E-state index is 0.175. The molecule has 1 aromatic carbocycles. The highest BCUT2D eigenvalue weighted by molar-refractivity contribution is 6.06. The van der Waals surface area contributed by atoms with E-state index in [4.69, 9.17) is 9.15 Å². The van der Waals surface area contributed by atoms with Gasteiger partial charge in [0.25, 0.3) is 11.8 Å². The molecule has 0 radical (unpaired) electrons. The van der Waals surface area contributed by atoms with E-state index in [9.17, 15) is 14.4 Å². The summed E-state index contributed by atoms with van der Waals surface area (Å²) in [6.07, 6.45) is 6.81. The van der Waals surface area contributed by atoms with Crippen molar-refractivity contribution in [2.75, 3.05) is 7.11 Å². The van der Waals surface area contributed by atoms with E-state index >= 15 is 0 Å². The molecule has 7 heteroatoms. The molecule has 6 atom stereocenters. The highest BCUT2D eigenvalue weighted by Crippen LogP contribution is 2.65. The van der Waals surface area contributed by atoms with Crippen molar-refractivity contribution in [3.63, 3.8) is 0 Å². The van der Waals surface area contributed by atoms with Crippen molar-refractivity contribution in [1.82, 2.24) is 5.01 Å². The summed E-state index contributed by atoms with van der Waals surface area (Å²) in [6.45, 7) is 0. The number of hydrogen-bond acceptors (Lipinski definition) is 6. The summed E-state index contributed by atoms with van der Waals surface area (Å²) in [5.41, 5.74) is 1.13. The third-order valence-corrected chi connectivity index (χ3v) is 7.13. The van der Waals surface area contributed by atoms with Crippen LogP contribution in [0.25, 0.3) is 11.3 Å². The molecule has 2 aromatic rings. The Bertz CT molecular complexity index is 1140. The molecular formula is C24H20N2O5. The smallest absolute Gasteiger partial charge is 0.337 e. The number of furan rings is 1. The zero-order chi connectivity index (χ0) is 21.3. The average Bonchev–Trinajstić information content (AvgIpc) is 3.44. The van der Waals surface area contributed by atoms with Crippen LogP contribution in [0.4, 0.5) is 0 Å². The van der Waals surface area contributed by atoms with Crippen LogP contribution in [0.3, 0.4) is 0 Å². The van der Waals surface area contributed by atoms with E-state index in [1.807, 2.05) is 6.07 Å². The summed E-state index contributed by atoms with van der Waals surface area (Å²) in [4.78, 5) is 37.7. The second-order valence-electron chi connectivity index (χ2n) is 8.66. The fourth-order valence-electron chi connectivity index (χ4n) is 5.66. The zero-order valence-corrected chi connectivity index (χ0v) is 16.8. The molecule has 0 N–H and O–H groups in total. The zero-order valence-electron chi connectivity index (χ0n) is 16.8.